The molecule has 0 radical (unpaired) electrons. The summed E-state index contributed by atoms with van der Waals surface area (Å²) in [4.78, 5) is 8.16. The van der Waals surface area contributed by atoms with E-state index in [1.807, 2.05) is 36.5 Å². The minimum Gasteiger partial charge on any atom is -0.313 e. The maximum absolute atomic E-state index is 5.10. The number of para-hydroxylation sites is 1. The number of aromatic nitrogens is 5. The highest BCUT2D eigenvalue weighted by Gasteiger charge is 2.07. The van der Waals surface area contributed by atoms with Gasteiger partial charge in [-0.3, -0.25) is 4.98 Å². The Hall–Kier alpha value is -3.81. The molecule has 0 atom stereocenters. The topological polar surface area (TPSA) is 94.0 Å². The molecule has 0 fully saturated rings. The van der Waals surface area contributed by atoms with E-state index in [1.54, 1.807) is 41.6 Å². The van der Waals surface area contributed by atoms with Gasteiger partial charge in [-0.25, -0.2) is 10.1 Å². The Bertz CT molecular complexity index is 976. The van der Waals surface area contributed by atoms with E-state index in [2.05, 4.69) is 30.8 Å². The summed E-state index contributed by atoms with van der Waals surface area (Å²) in [6.45, 7) is 0. The van der Waals surface area contributed by atoms with Crippen molar-refractivity contribution in [1.29, 1.82) is 0 Å². The molecule has 3 aromatic heterocycles. The van der Waals surface area contributed by atoms with Crippen LogP contribution in [0.25, 0.3) is 17.1 Å². The van der Waals surface area contributed by atoms with E-state index in [4.69, 9.17) is 4.52 Å². The van der Waals surface area contributed by atoms with Gasteiger partial charge in [0.2, 0.25) is 5.82 Å². The predicted octanol–water partition coefficient (Wildman–Crippen LogP) is 2.76. The SMILES string of the molecule is C(=N\Nc1nc(-c2ccncc2)no1)/c1cnn(-c2ccccc2)c1. The summed E-state index contributed by atoms with van der Waals surface area (Å²) in [7, 11) is 0. The van der Waals surface area contributed by atoms with Crippen LogP contribution in [0.4, 0.5) is 6.01 Å². The van der Waals surface area contributed by atoms with Crippen LogP contribution in [0.5, 0.6) is 0 Å². The summed E-state index contributed by atoms with van der Waals surface area (Å²) in [5, 5.41) is 12.3. The Morgan fingerprint density at radius 1 is 1.08 bits per heavy atom. The molecule has 1 aromatic carbocycles. The van der Waals surface area contributed by atoms with Gasteiger partial charge in [-0.2, -0.15) is 15.2 Å². The molecule has 0 spiro atoms. The van der Waals surface area contributed by atoms with Gasteiger partial charge in [-0.15, -0.1) is 0 Å². The minimum absolute atomic E-state index is 0.207. The number of hydrogen-bond donors (Lipinski definition) is 1. The fourth-order valence-corrected chi connectivity index (χ4v) is 2.17. The van der Waals surface area contributed by atoms with Gasteiger partial charge in [0.25, 0.3) is 0 Å². The van der Waals surface area contributed by atoms with Crippen LogP contribution in [0.1, 0.15) is 5.56 Å². The second-order valence-corrected chi connectivity index (χ2v) is 5.08. The molecule has 0 unspecified atom stereocenters. The van der Waals surface area contributed by atoms with Crippen molar-refractivity contribution >= 4 is 12.2 Å². The van der Waals surface area contributed by atoms with Crippen molar-refractivity contribution in [2.24, 2.45) is 5.10 Å². The lowest BCUT2D eigenvalue weighted by atomic mass is 10.3. The van der Waals surface area contributed by atoms with Crippen molar-refractivity contribution in [3.05, 3.63) is 72.8 Å². The number of hydrazone groups is 1. The molecule has 3 heterocycles. The second kappa shape index (κ2) is 6.75. The van der Waals surface area contributed by atoms with Gasteiger partial charge in [-0.1, -0.05) is 23.4 Å². The summed E-state index contributed by atoms with van der Waals surface area (Å²) >= 11 is 0. The molecule has 4 aromatic rings. The van der Waals surface area contributed by atoms with Crippen molar-refractivity contribution in [2.45, 2.75) is 0 Å². The molecular formula is C17H13N7O. The van der Waals surface area contributed by atoms with Gasteiger partial charge in [-0.05, 0) is 24.3 Å². The molecule has 4 rings (SSSR count). The zero-order valence-electron chi connectivity index (χ0n) is 13.0. The molecule has 8 nitrogen and oxygen atoms in total. The first-order valence-corrected chi connectivity index (χ1v) is 7.52. The average Bonchev–Trinajstić information content (AvgIpc) is 3.33. The van der Waals surface area contributed by atoms with E-state index in [9.17, 15) is 0 Å². The number of hydrogen-bond acceptors (Lipinski definition) is 7. The van der Waals surface area contributed by atoms with Crippen LogP contribution in [-0.4, -0.2) is 31.1 Å². The summed E-state index contributed by atoms with van der Waals surface area (Å²) in [6.07, 6.45) is 8.55. The molecule has 0 bridgehead atoms. The summed E-state index contributed by atoms with van der Waals surface area (Å²) in [6, 6.07) is 13.6. The number of nitrogens with one attached hydrogen (secondary N) is 1. The molecule has 0 aliphatic heterocycles. The summed E-state index contributed by atoms with van der Waals surface area (Å²) in [5.41, 5.74) is 5.35. The van der Waals surface area contributed by atoms with E-state index in [1.165, 1.54) is 0 Å². The molecule has 0 saturated carbocycles. The Balaban J connectivity index is 1.42. The van der Waals surface area contributed by atoms with Crippen molar-refractivity contribution in [3.8, 4) is 17.1 Å². The highest BCUT2D eigenvalue weighted by Crippen LogP contribution is 2.16. The van der Waals surface area contributed by atoms with Gasteiger partial charge >= 0.3 is 6.01 Å². The van der Waals surface area contributed by atoms with Crippen molar-refractivity contribution in [3.63, 3.8) is 0 Å². The van der Waals surface area contributed by atoms with Gasteiger partial charge in [0.15, 0.2) is 0 Å². The monoisotopic (exact) mass is 331 g/mol. The number of pyridine rings is 1. The molecule has 0 saturated heterocycles. The van der Waals surface area contributed by atoms with Crippen LogP contribution >= 0.6 is 0 Å². The normalized spacial score (nSPS) is 11.0. The Kier molecular flexibility index (Phi) is 3.99. The Morgan fingerprint density at radius 3 is 2.76 bits per heavy atom. The highest BCUT2D eigenvalue weighted by molar-refractivity contribution is 5.79. The molecule has 8 heteroatoms. The van der Waals surface area contributed by atoms with E-state index in [0.29, 0.717) is 5.82 Å². The lowest BCUT2D eigenvalue weighted by Gasteiger charge is -1.98. The van der Waals surface area contributed by atoms with Crippen LogP contribution in [0.15, 0.2) is 76.9 Å². The van der Waals surface area contributed by atoms with Crippen LogP contribution in [-0.2, 0) is 0 Å². The largest absolute Gasteiger partial charge is 0.342 e. The van der Waals surface area contributed by atoms with Gasteiger partial charge in [0, 0.05) is 29.7 Å². The van der Waals surface area contributed by atoms with E-state index in [-0.39, 0.29) is 6.01 Å². The third kappa shape index (κ3) is 3.42. The quantitative estimate of drug-likeness (QED) is 0.446. The summed E-state index contributed by atoms with van der Waals surface area (Å²) in [5.74, 6) is 0.469. The van der Waals surface area contributed by atoms with Gasteiger partial charge in [0.1, 0.15) is 0 Å². The fraction of sp³-hybridized carbons (Fsp3) is 0. The molecule has 0 aliphatic rings. The van der Waals surface area contributed by atoms with E-state index < -0.39 is 0 Å². The van der Waals surface area contributed by atoms with Crippen molar-refractivity contribution < 1.29 is 4.52 Å². The van der Waals surface area contributed by atoms with Crippen LogP contribution in [0.2, 0.25) is 0 Å². The first kappa shape index (κ1) is 14.8. The smallest absolute Gasteiger partial charge is 0.313 e. The maximum atomic E-state index is 5.10. The fourth-order valence-electron chi connectivity index (χ4n) is 2.17. The average molecular weight is 331 g/mol. The number of rotatable bonds is 5. The number of anilines is 1. The minimum atomic E-state index is 0.207. The maximum Gasteiger partial charge on any atom is 0.342 e. The first-order valence-electron chi connectivity index (χ1n) is 7.52. The highest BCUT2D eigenvalue weighted by atomic mass is 16.5. The molecule has 1 N–H and O–H groups in total. The van der Waals surface area contributed by atoms with Gasteiger partial charge in [0.05, 0.1) is 18.1 Å². The molecule has 122 valence electrons. The summed E-state index contributed by atoms with van der Waals surface area (Å²) < 4.78 is 6.88. The predicted molar refractivity (Wildman–Crippen MR) is 92.3 cm³/mol. The second-order valence-electron chi connectivity index (χ2n) is 5.08. The van der Waals surface area contributed by atoms with E-state index >= 15 is 0 Å². The van der Waals surface area contributed by atoms with Crippen LogP contribution in [0, 0.1) is 0 Å². The third-order valence-electron chi connectivity index (χ3n) is 3.36. The zero-order valence-corrected chi connectivity index (χ0v) is 13.0. The van der Waals surface area contributed by atoms with Gasteiger partial charge < -0.3 is 4.52 Å². The zero-order chi connectivity index (χ0) is 16.9. The first-order chi connectivity index (χ1) is 12.4. The molecule has 25 heavy (non-hydrogen) atoms. The lowest BCUT2D eigenvalue weighted by Crippen LogP contribution is -1.93. The Morgan fingerprint density at radius 2 is 1.92 bits per heavy atom. The van der Waals surface area contributed by atoms with Crippen LogP contribution < -0.4 is 5.43 Å². The molecule has 0 aliphatic carbocycles. The van der Waals surface area contributed by atoms with E-state index in [0.717, 1.165) is 16.8 Å². The van der Waals surface area contributed by atoms with Crippen molar-refractivity contribution in [2.75, 3.05) is 5.43 Å². The Labute approximate surface area is 142 Å². The lowest BCUT2D eigenvalue weighted by molar-refractivity contribution is 0.433. The van der Waals surface area contributed by atoms with Crippen molar-refractivity contribution in [1.82, 2.24) is 24.9 Å². The number of nitrogens with zero attached hydrogens (tertiary/aromatic N) is 6. The third-order valence-corrected chi connectivity index (χ3v) is 3.36. The number of benzene rings is 1. The molecular weight excluding hydrogens is 318 g/mol. The molecule has 0 amide bonds. The van der Waals surface area contributed by atoms with Crippen LogP contribution in [0.3, 0.4) is 0 Å². The standard InChI is InChI=1S/C17H13N7O/c1-2-4-15(5-3-1)24-12-13(11-20-24)10-19-22-17-21-16(23-25-17)14-6-8-18-9-7-14/h1-12H,(H,21,22,23)/b19-10+.